The van der Waals surface area contributed by atoms with Gasteiger partial charge >= 0.3 is 29.6 Å². The second kappa shape index (κ2) is 18.7. The number of carbonyl (C=O) groups excluding carboxylic acids is 4. The predicted molar refractivity (Wildman–Crippen MR) is 211 cm³/mol. The van der Waals surface area contributed by atoms with Gasteiger partial charge in [-0.05, 0) is 79.1 Å². The van der Waals surface area contributed by atoms with E-state index in [4.69, 9.17) is 48.9 Å². The van der Waals surface area contributed by atoms with Crippen LogP contribution in [0.25, 0.3) is 0 Å². The minimum atomic E-state index is -0.370. The number of hydrogen-bond acceptors (Lipinski definition) is 8. The zero-order valence-corrected chi connectivity index (χ0v) is 37.2. The molecule has 4 saturated carbocycles. The van der Waals surface area contributed by atoms with E-state index >= 15 is 0 Å². The van der Waals surface area contributed by atoms with Crippen molar-refractivity contribution in [1.29, 1.82) is 0 Å². The summed E-state index contributed by atoms with van der Waals surface area (Å²) in [5.74, 6) is -1.48. The normalized spacial score (nSPS) is 18.4. The number of nitrogens with zero attached hydrogens (tertiary/aromatic N) is 4. The molecule has 4 aliphatic carbocycles. The van der Waals surface area contributed by atoms with Crippen molar-refractivity contribution in [2.45, 2.75) is 120 Å². The Morgan fingerprint density at radius 1 is 0.431 bits per heavy atom. The molecule has 0 unspecified atom stereocenters. The molecular weight excluding hydrogens is 736 g/mol. The Morgan fingerprint density at radius 3 is 0.706 bits per heavy atom. The van der Waals surface area contributed by atoms with Crippen LogP contribution in [-0.4, -0.2) is 89.8 Å². The predicted octanol–water partition coefficient (Wildman–Crippen LogP) is 1.68. The minimum Gasteiger partial charge on any atom is -0.279 e. The molecule has 0 aliphatic heterocycles. The van der Waals surface area contributed by atoms with Crippen molar-refractivity contribution in [1.82, 2.24) is 41.7 Å². The molecule has 0 spiro atoms. The molecule has 0 aromatic heterocycles. The van der Waals surface area contributed by atoms with Crippen LogP contribution in [0, 0.1) is 21.7 Å². The van der Waals surface area contributed by atoms with Gasteiger partial charge in [0.25, 0.3) is 0 Å². The van der Waals surface area contributed by atoms with Crippen molar-refractivity contribution in [3.8, 4) is 0 Å². The second-order valence-electron chi connectivity index (χ2n) is 14.9. The number of hydrogen-bond donors (Lipinski definition) is 4. The average molecular weight is 792 g/mol. The first-order valence-corrected chi connectivity index (χ1v) is 19.4. The van der Waals surface area contributed by atoms with Crippen LogP contribution in [0.15, 0.2) is 0 Å². The molecule has 4 fully saturated rings. The Morgan fingerprint density at radius 2 is 0.588 bits per heavy atom. The molecule has 51 heavy (non-hydrogen) atoms. The maximum atomic E-state index is 12.2. The van der Waals surface area contributed by atoms with Crippen molar-refractivity contribution in [3.63, 3.8) is 0 Å². The van der Waals surface area contributed by atoms with E-state index in [0.717, 1.165) is 71.3 Å². The van der Waals surface area contributed by atoms with Gasteiger partial charge in [0.15, 0.2) is 0 Å². The number of amides is 4. The second-order valence-corrected chi connectivity index (χ2v) is 16.5. The summed E-state index contributed by atoms with van der Waals surface area (Å²) in [6, 6.07) is 0. The van der Waals surface area contributed by atoms with Crippen LogP contribution in [0.3, 0.4) is 0 Å². The molecule has 17 heteroatoms. The van der Waals surface area contributed by atoms with Gasteiger partial charge in [-0.1, -0.05) is 76.6 Å². The Labute approximate surface area is 347 Å². The fraction of sp³-hybridized carbons (Fsp3) is 0.765. The van der Waals surface area contributed by atoms with E-state index in [1.54, 1.807) is 20.0 Å². The first-order valence-electron chi connectivity index (χ1n) is 17.8. The monoisotopic (exact) mass is 791 g/mol. The van der Waals surface area contributed by atoms with E-state index in [2.05, 4.69) is 49.4 Å². The maximum Gasteiger partial charge on any atom is 1.00 e. The van der Waals surface area contributed by atoms with Gasteiger partial charge in [-0.25, -0.2) is 0 Å². The number of rotatable bonds is 12. The molecule has 0 heterocycles. The summed E-state index contributed by atoms with van der Waals surface area (Å²) in [6.07, 6.45) is 7.82. The van der Waals surface area contributed by atoms with Gasteiger partial charge in [-0.15, -0.1) is 0 Å². The molecule has 280 valence electrons. The Hall–Kier alpha value is -1.56. The van der Waals surface area contributed by atoms with E-state index < -0.39 is 0 Å². The number of hydrazine groups is 4. The third-order valence-corrected chi connectivity index (χ3v) is 12.8. The number of nitrogens with one attached hydrogen (secondary N) is 4. The van der Waals surface area contributed by atoms with Gasteiger partial charge in [0.05, 0.1) is 0 Å². The van der Waals surface area contributed by atoms with E-state index in [1.165, 1.54) is 0 Å². The van der Waals surface area contributed by atoms with Crippen LogP contribution in [0.4, 0.5) is 0 Å². The summed E-state index contributed by atoms with van der Waals surface area (Å²) in [6.45, 7) is 18.4. The summed E-state index contributed by atoms with van der Waals surface area (Å²) in [4.78, 5) is 51.7. The van der Waals surface area contributed by atoms with Gasteiger partial charge in [-0.3, -0.25) is 60.9 Å². The van der Waals surface area contributed by atoms with E-state index in [1.807, 2.05) is 27.7 Å². The first kappa shape index (κ1) is 45.6. The van der Waals surface area contributed by atoms with Crippen LogP contribution in [0.1, 0.15) is 120 Å². The SMILES string of the molecule is CCN(NC(=O)CC(=O)NN(CC)C(=S)C1(C)CC1)C(=S)C1(C)CC1.CCN(NC(=O)CC(=O)NN(CC)C(=S)C1(C)CC1)C(=S)C1(C)CC1.[Na+]. The van der Waals surface area contributed by atoms with Crippen molar-refractivity contribution >= 4 is 92.5 Å². The molecule has 0 saturated heterocycles. The fourth-order valence-corrected chi connectivity index (χ4v) is 6.57. The zero-order valence-electron chi connectivity index (χ0n) is 32.0. The van der Waals surface area contributed by atoms with Crippen LogP contribution in [-0.2, 0) is 19.2 Å². The third-order valence-electron chi connectivity index (χ3n) is 9.99. The average Bonchev–Trinajstić information content (AvgIpc) is 3.87. The van der Waals surface area contributed by atoms with Gasteiger partial charge in [0.2, 0.25) is 23.6 Å². The quantitative estimate of drug-likeness (QED) is 0.0995. The summed E-state index contributed by atoms with van der Waals surface area (Å²) >= 11 is 21.9. The van der Waals surface area contributed by atoms with Gasteiger partial charge in [0, 0.05) is 47.8 Å². The van der Waals surface area contributed by atoms with E-state index in [0.29, 0.717) is 26.2 Å². The number of thiocarbonyl (C=S) groups is 4. The molecule has 0 aromatic rings. The van der Waals surface area contributed by atoms with E-state index in [9.17, 15) is 19.2 Å². The standard InChI is InChI=1S/2C17H28N4O2S2.Na/c2*1-5-20(14(24)16(3)7-8-16)18-12(22)11-13(23)19-21(6-2)15(25)17(4)9-10-17;/h2*5-11H2,1-4H3,(H,18,22)(H,19,23);/q;;+1. The number of carbonyl (C=O) groups is 4. The molecule has 0 bridgehead atoms. The van der Waals surface area contributed by atoms with E-state index in [-0.39, 0.29) is 87.7 Å². The third kappa shape index (κ3) is 12.8. The molecule has 4 amide bonds. The van der Waals surface area contributed by atoms with Crippen molar-refractivity contribution in [2.75, 3.05) is 26.2 Å². The molecule has 4 N–H and O–H groups in total. The van der Waals surface area contributed by atoms with Crippen LogP contribution in [0.2, 0.25) is 0 Å². The molecule has 0 radical (unpaired) electrons. The Balaban J connectivity index is 0.000000347. The van der Waals surface area contributed by atoms with Crippen molar-refractivity contribution < 1.29 is 48.7 Å². The molecule has 0 atom stereocenters. The van der Waals surface area contributed by atoms with Crippen LogP contribution in [0.5, 0.6) is 0 Å². The molecular formula is C34H56N8NaO4S4+. The molecule has 4 rings (SSSR count). The summed E-state index contributed by atoms with van der Waals surface area (Å²) in [7, 11) is 0. The largest absolute Gasteiger partial charge is 1.00 e. The molecule has 0 aromatic carbocycles. The van der Waals surface area contributed by atoms with Gasteiger partial charge < -0.3 is 0 Å². The topological polar surface area (TPSA) is 129 Å². The maximum absolute atomic E-state index is 12.2. The molecule has 12 nitrogen and oxygen atoms in total. The molecule has 4 aliphatic rings. The Kier molecular flexibility index (Phi) is 16.7. The Bertz CT molecular complexity index is 1180. The van der Waals surface area contributed by atoms with Crippen LogP contribution < -0.4 is 51.3 Å². The fourth-order valence-electron chi connectivity index (χ4n) is 5.05. The summed E-state index contributed by atoms with van der Waals surface area (Å²) in [5.41, 5.74) is 11.0. The van der Waals surface area contributed by atoms with Gasteiger partial charge in [0.1, 0.15) is 32.8 Å². The summed E-state index contributed by atoms with van der Waals surface area (Å²) < 4.78 is 0. The van der Waals surface area contributed by atoms with Crippen LogP contribution >= 0.6 is 48.9 Å². The van der Waals surface area contributed by atoms with Crippen molar-refractivity contribution in [3.05, 3.63) is 0 Å². The smallest absolute Gasteiger partial charge is 0.279 e. The summed E-state index contributed by atoms with van der Waals surface area (Å²) in [5, 5.41) is 6.69. The first-order chi connectivity index (χ1) is 23.3. The zero-order chi connectivity index (χ0) is 37.7. The van der Waals surface area contributed by atoms with Crippen molar-refractivity contribution in [2.24, 2.45) is 21.7 Å². The minimum absolute atomic E-state index is 0. The van der Waals surface area contributed by atoms with Gasteiger partial charge in [-0.2, -0.15) is 0 Å².